The zero-order chi connectivity index (χ0) is 20.5. The van der Waals surface area contributed by atoms with Gasteiger partial charge in [-0.15, -0.1) is 11.8 Å². The van der Waals surface area contributed by atoms with E-state index < -0.39 is 0 Å². The number of thioether (sulfide) groups is 1. The minimum absolute atomic E-state index is 0.0267. The van der Waals surface area contributed by atoms with Crippen molar-refractivity contribution < 1.29 is 9.59 Å². The Bertz CT molecular complexity index is 669. The highest BCUT2D eigenvalue weighted by atomic mass is 32.2. The van der Waals surface area contributed by atoms with E-state index >= 15 is 0 Å². The van der Waals surface area contributed by atoms with Gasteiger partial charge >= 0.3 is 6.03 Å². The fraction of sp³-hybridized carbons (Fsp3) is 0.636. The van der Waals surface area contributed by atoms with E-state index in [1.807, 2.05) is 29.2 Å². The molecular formula is C22H34N4O2S. The first-order chi connectivity index (χ1) is 14.1. The Morgan fingerprint density at radius 3 is 2.41 bits per heavy atom. The molecule has 0 aromatic heterocycles. The standard InChI is InChI=1S/C22H34N4O2S/c23-21(27)11-16-29-20-8-4-3-7-19(20)24-22(28)26-14-9-18(10-15-26)17-25-12-5-1-2-6-13-25/h3-4,7-8,18H,1-2,5-6,9-17H2,(H2,23,27)(H,24,28). The Labute approximate surface area is 178 Å². The van der Waals surface area contributed by atoms with Gasteiger partial charge in [0, 0.05) is 36.7 Å². The normalized spacial score (nSPS) is 19.0. The molecule has 2 fully saturated rings. The highest BCUT2D eigenvalue weighted by Gasteiger charge is 2.25. The molecule has 6 nitrogen and oxygen atoms in total. The summed E-state index contributed by atoms with van der Waals surface area (Å²) in [6, 6.07) is 7.71. The molecule has 0 bridgehead atoms. The lowest BCUT2D eigenvalue weighted by molar-refractivity contribution is -0.117. The second-order valence-corrected chi connectivity index (χ2v) is 9.27. The molecule has 0 radical (unpaired) electrons. The molecule has 2 saturated heterocycles. The van der Waals surface area contributed by atoms with Crippen LogP contribution in [0, 0.1) is 5.92 Å². The van der Waals surface area contributed by atoms with Gasteiger partial charge in [0.05, 0.1) is 5.69 Å². The molecule has 2 aliphatic rings. The van der Waals surface area contributed by atoms with Crippen LogP contribution in [0.3, 0.4) is 0 Å². The summed E-state index contributed by atoms with van der Waals surface area (Å²) in [5, 5.41) is 3.06. The Balaban J connectivity index is 1.45. The van der Waals surface area contributed by atoms with Gasteiger partial charge in [0.1, 0.15) is 0 Å². The minimum atomic E-state index is -0.304. The first-order valence-corrected chi connectivity index (χ1v) is 11.9. The molecule has 0 saturated carbocycles. The molecule has 0 spiro atoms. The smallest absolute Gasteiger partial charge is 0.321 e. The molecule has 160 valence electrons. The summed E-state index contributed by atoms with van der Waals surface area (Å²) < 4.78 is 0. The number of nitrogens with one attached hydrogen (secondary N) is 1. The SMILES string of the molecule is NC(=O)CCSc1ccccc1NC(=O)N1CCC(CN2CCCCCC2)CC1. The number of piperidine rings is 1. The Kier molecular flexibility index (Phi) is 8.68. The molecule has 3 amide bonds. The highest BCUT2D eigenvalue weighted by molar-refractivity contribution is 7.99. The van der Waals surface area contributed by atoms with Crippen LogP contribution in [0.25, 0.3) is 0 Å². The van der Waals surface area contributed by atoms with Crippen LogP contribution < -0.4 is 11.1 Å². The molecule has 1 aromatic rings. The molecule has 0 atom stereocenters. The van der Waals surface area contributed by atoms with Gasteiger partial charge in [0.15, 0.2) is 0 Å². The van der Waals surface area contributed by atoms with Crippen LogP contribution in [0.15, 0.2) is 29.2 Å². The number of primary amides is 1. The number of carbonyl (C=O) groups excluding carboxylic acids is 2. The molecule has 2 aliphatic heterocycles. The van der Waals surface area contributed by atoms with Crippen LogP contribution in [0.4, 0.5) is 10.5 Å². The summed E-state index contributed by atoms with van der Waals surface area (Å²) in [6.45, 7) is 5.31. The van der Waals surface area contributed by atoms with Gasteiger partial charge < -0.3 is 20.9 Å². The Morgan fingerprint density at radius 2 is 1.72 bits per heavy atom. The number of para-hydroxylation sites is 1. The number of hydrogen-bond donors (Lipinski definition) is 2. The number of urea groups is 1. The van der Waals surface area contributed by atoms with Crippen molar-refractivity contribution in [2.45, 2.75) is 49.8 Å². The molecule has 0 unspecified atom stereocenters. The van der Waals surface area contributed by atoms with Crippen LogP contribution in [0.2, 0.25) is 0 Å². The molecule has 0 aliphatic carbocycles. The minimum Gasteiger partial charge on any atom is -0.370 e. The monoisotopic (exact) mass is 418 g/mol. The van der Waals surface area contributed by atoms with Crippen LogP contribution in [0.5, 0.6) is 0 Å². The quantitative estimate of drug-likeness (QED) is 0.661. The zero-order valence-electron chi connectivity index (χ0n) is 17.3. The summed E-state index contributed by atoms with van der Waals surface area (Å²) in [4.78, 5) is 29.3. The molecule has 7 heteroatoms. The number of carbonyl (C=O) groups is 2. The van der Waals surface area contributed by atoms with Crippen molar-refractivity contribution in [1.82, 2.24) is 9.80 Å². The van der Waals surface area contributed by atoms with Crippen molar-refractivity contribution >= 4 is 29.4 Å². The maximum absolute atomic E-state index is 12.8. The van der Waals surface area contributed by atoms with Crippen molar-refractivity contribution in [2.75, 3.05) is 43.8 Å². The number of anilines is 1. The zero-order valence-corrected chi connectivity index (χ0v) is 18.1. The summed E-state index contributed by atoms with van der Waals surface area (Å²) >= 11 is 1.55. The van der Waals surface area contributed by atoms with E-state index in [9.17, 15) is 9.59 Å². The average molecular weight is 419 g/mol. The van der Waals surface area contributed by atoms with E-state index in [1.165, 1.54) is 45.3 Å². The fourth-order valence-electron chi connectivity index (χ4n) is 4.15. The summed E-state index contributed by atoms with van der Waals surface area (Å²) in [5.74, 6) is 1.01. The summed E-state index contributed by atoms with van der Waals surface area (Å²) in [5.41, 5.74) is 6.02. The van der Waals surface area contributed by atoms with Crippen molar-refractivity contribution in [1.29, 1.82) is 0 Å². The molecule has 3 rings (SSSR count). The van der Waals surface area contributed by atoms with E-state index in [2.05, 4.69) is 10.2 Å². The summed E-state index contributed by atoms with van der Waals surface area (Å²) in [6.07, 6.45) is 7.90. The van der Waals surface area contributed by atoms with E-state index in [0.717, 1.165) is 36.5 Å². The first-order valence-electron chi connectivity index (χ1n) is 10.9. The Morgan fingerprint density at radius 1 is 1.03 bits per heavy atom. The third kappa shape index (κ3) is 7.23. The van der Waals surface area contributed by atoms with E-state index in [1.54, 1.807) is 11.8 Å². The van der Waals surface area contributed by atoms with Gasteiger partial charge in [-0.25, -0.2) is 4.79 Å². The number of nitrogens with two attached hydrogens (primary N) is 1. The number of hydrogen-bond acceptors (Lipinski definition) is 4. The first kappa shape index (κ1) is 22.0. The van der Waals surface area contributed by atoms with E-state index in [4.69, 9.17) is 5.73 Å². The van der Waals surface area contributed by atoms with E-state index in [-0.39, 0.29) is 11.9 Å². The second-order valence-electron chi connectivity index (χ2n) is 8.14. The lowest BCUT2D eigenvalue weighted by Crippen LogP contribution is -2.43. The van der Waals surface area contributed by atoms with Crippen molar-refractivity contribution in [3.63, 3.8) is 0 Å². The van der Waals surface area contributed by atoms with Crippen molar-refractivity contribution in [2.24, 2.45) is 11.7 Å². The van der Waals surface area contributed by atoms with E-state index in [0.29, 0.717) is 18.1 Å². The van der Waals surface area contributed by atoms with Crippen LogP contribution in [-0.4, -0.2) is 60.2 Å². The molecular weight excluding hydrogens is 384 g/mol. The molecule has 1 aromatic carbocycles. The van der Waals surface area contributed by atoms with Crippen molar-refractivity contribution in [3.8, 4) is 0 Å². The van der Waals surface area contributed by atoms with Gasteiger partial charge in [-0.05, 0) is 56.8 Å². The molecule has 3 N–H and O–H groups in total. The predicted octanol–water partition coefficient (Wildman–Crippen LogP) is 3.77. The Hall–Kier alpha value is -1.73. The largest absolute Gasteiger partial charge is 0.370 e. The number of rotatable bonds is 7. The summed E-state index contributed by atoms with van der Waals surface area (Å²) in [7, 11) is 0. The lowest BCUT2D eigenvalue weighted by Gasteiger charge is -2.34. The fourth-order valence-corrected chi connectivity index (χ4v) is 5.13. The third-order valence-electron chi connectivity index (χ3n) is 5.85. The van der Waals surface area contributed by atoms with Crippen molar-refractivity contribution in [3.05, 3.63) is 24.3 Å². The maximum atomic E-state index is 12.8. The number of likely N-dealkylation sites (tertiary alicyclic amines) is 2. The lowest BCUT2D eigenvalue weighted by atomic mass is 9.96. The highest BCUT2D eigenvalue weighted by Crippen LogP contribution is 2.28. The molecule has 2 heterocycles. The van der Waals surface area contributed by atoms with Crippen LogP contribution in [0.1, 0.15) is 44.9 Å². The van der Waals surface area contributed by atoms with Crippen LogP contribution in [-0.2, 0) is 4.79 Å². The third-order valence-corrected chi connectivity index (χ3v) is 6.93. The van der Waals surface area contributed by atoms with Gasteiger partial charge in [-0.1, -0.05) is 25.0 Å². The van der Waals surface area contributed by atoms with Crippen LogP contribution >= 0.6 is 11.8 Å². The number of nitrogens with zero attached hydrogens (tertiary/aromatic N) is 2. The molecule has 29 heavy (non-hydrogen) atoms. The van der Waals surface area contributed by atoms with Gasteiger partial charge in [0.25, 0.3) is 0 Å². The topological polar surface area (TPSA) is 78.7 Å². The number of amides is 3. The van der Waals surface area contributed by atoms with Gasteiger partial charge in [0.2, 0.25) is 5.91 Å². The second kappa shape index (κ2) is 11.5. The predicted molar refractivity (Wildman–Crippen MR) is 119 cm³/mol. The maximum Gasteiger partial charge on any atom is 0.321 e. The van der Waals surface area contributed by atoms with Gasteiger partial charge in [-0.3, -0.25) is 4.79 Å². The van der Waals surface area contributed by atoms with Gasteiger partial charge in [-0.2, -0.15) is 0 Å². The average Bonchev–Trinajstić information content (AvgIpc) is 2.98. The number of benzene rings is 1.